The van der Waals surface area contributed by atoms with Gasteiger partial charge in [-0.1, -0.05) is 58.0 Å². The number of carboxylic acid groups (broad SMARTS) is 1. The van der Waals surface area contributed by atoms with Gasteiger partial charge in [-0.2, -0.15) is 0 Å². The molecular weight excluding hydrogens is 322 g/mol. The molecule has 3 rings (SSSR count). The first kappa shape index (κ1) is 18.4. The minimum Gasteiger partial charge on any atom is -0.477 e. The first-order valence-corrected chi connectivity index (χ1v) is 9.13. The Hall–Kier alpha value is -2.42. The van der Waals surface area contributed by atoms with Crippen molar-refractivity contribution in [2.45, 2.75) is 58.3 Å². The first-order valence-electron chi connectivity index (χ1n) is 9.13. The van der Waals surface area contributed by atoms with Crippen LogP contribution in [0.15, 0.2) is 30.5 Å². The van der Waals surface area contributed by atoms with Crippen molar-refractivity contribution < 1.29 is 9.90 Å². The van der Waals surface area contributed by atoms with Crippen LogP contribution in [-0.2, 0) is 10.8 Å². The lowest BCUT2D eigenvalue weighted by molar-refractivity contribution is 0.0690. The Bertz CT molecular complexity index is 874. The standard InChI is InChI=1S/C23H27NO2/c1-15-12-18-19(23(4,5)11-10-22(18,2)3)13-17(15)8-6-16-7-9-20(21(25)26)24-14-16/h6-9,12-14H,10-11H2,1-5H3,(H,25,26). The number of aryl methyl sites for hydroxylation is 1. The summed E-state index contributed by atoms with van der Waals surface area (Å²) in [5, 5.41) is 8.94. The summed E-state index contributed by atoms with van der Waals surface area (Å²) in [6.45, 7) is 11.5. The molecule has 0 unspecified atom stereocenters. The minimum absolute atomic E-state index is 0.0658. The van der Waals surface area contributed by atoms with Crippen molar-refractivity contribution in [1.29, 1.82) is 0 Å². The summed E-state index contributed by atoms with van der Waals surface area (Å²) in [5.41, 5.74) is 6.75. The highest BCUT2D eigenvalue weighted by Crippen LogP contribution is 2.46. The average Bonchev–Trinajstić information content (AvgIpc) is 2.58. The number of nitrogens with zero attached hydrogens (tertiary/aromatic N) is 1. The highest BCUT2D eigenvalue weighted by atomic mass is 16.4. The third kappa shape index (κ3) is 3.44. The number of benzene rings is 1. The van der Waals surface area contributed by atoms with E-state index in [1.54, 1.807) is 12.3 Å². The lowest BCUT2D eigenvalue weighted by Crippen LogP contribution is -2.34. The number of carbonyl (C=O) groups is 1. The van der Waals surface area contributed by atoms with Gasteiger partial charge in [-0.15, -0.1) is 0 Å². The van der Waals surface area contributed by atoms with Gasteiger partial charge in [0.25, 0.3) is 0 Å². The van der Waals surface area contributed by atoms with E-state index in [1.807, 2.05) is 6.08 Å². The number of carboxylic acids is 1. The molecule has 0 radical (unpaired) electrons. The van der Waals surface area contributed by atoms with E-state index in [1.165, 1.54) is 41.2 Å². The monoisotopic (exact) mass is 349 g/mol. The average molecular weight is 349 g/mol. The van der Waals surface area contributed by atoms with E-state index in [0.717, 1.165) is 5.56 Å². The molecule has 1 aromatic heterocycles. The molecule has 1 aliphatic rings. The molecule has 0 amide bonds. The number of aromatic nitrogens is 1. The number of rotatable bonds is 3. The molecule has 136 valence electrons. The maximum atomic E-state index is 10.9. The summed E-state index contributed by atoms with van der Waals surface area (Å²) in [4.78, 5) is 14.9. The molecule has 3 nitrogen and oxygen atoms in total. The summed E-state index contributed by atoms with van der Waals surface area (Å²) in [6, 6.07) is 8.00. The fourth-order valence-corrected chi connectivity index (χ4v) is 3.73. The molecule has 3 heteroatoms. The van der Waals surface area contributed by atoms with Gasteiger partial charge in [0.05, 0.1) is 0 Å². The quantitative estimate of drug-likeness (QED) is 0.784. The van der Waals surface area contributed by atoms with E-state index in [9.17, 15) is 4.79 Å². The first-order chi connectivity index (χ1) is 12.1. The van der Waals surface area contributed by atoms with Crippen LogP contribution in [0.25, 0.3) is 12.2 Å². The van der Waals surface area contributed by atoms with Crippen molar-refractivity contribution in [2.75, 3.05) is 0 Å². The van der Waals surface area contributed by atoms with E-state index in [2.05, 4.69) is 57.8 Å². The van der Waals surface area contributed by atoms with Gasteiger partial charge in [0.1, 0.15) is 5.69 Å². The summed E-state index contributed by atoms with van der Waals surface area (Å²) < 4.78 is 0. The van der Waals surface area contributed by atoms with E-state index < -0.39 is 5.97 Å². The van der Waals surface area contributed by atoms with Gasteiger partial charge >= 0.3 is 5.97 Å². The molecule has 0 spiro atoms. The van der Waals surface area contributed by atoms with Crippen LogP contribution in [0.1, 0.15) is 78.8 Å². The van der Waals surface area contributed by atoms with Gasteiger partial charge in [0.15, 0.2) is 0 Å². The Morgan fingerprint density at radius 2 is 1.65 bits per heavy atom. The van der Waals surface area contributed by atoms with E-state index in [-0.39, 0.29) is 16.5 Å². The molecular formula is C23H27NO2. The Morgan fingerprint density at radius 3 is 2.19 bits per heavy atom. The minimum atomic E-state index is -1.00. The summed E-state index contributed by atoms with van der Waals surface area (Å²) >= 11 is 0. The fourth-order valence-electron chi connectivity index (χ4n) is 3.73. The van der Waals surface area contributed by atoms with Gasteiger partial charge in [0, 0.05) is 6.20 Å². The Morgan fingerprint density at radius 1 is 1.04 bits per heavy atom. The summed E-state index contributed by atoms with van der Waals surface area (Å²) in [5.74, 6) is -1.00. The van der Waals surface area contributed by atoms with Gasteiger partial charge in [-0.25, -0.2) is 9.78 Å². The van der Waals surface area contributed by atoms with E-state index in [0.29, 0.717) is 0 Å². The second-order valence-corrected chi connectivity index (χ2v) is 8.64. The maximum absolute atomic E-state index is 10.9. The van der Waals surface area contributed by atoms with Crippen LogP contribution in [-0.4, -0.2) is 16.1 Å². The molecule has 0 saturated heterocycles. The van der Waals surface area contributed by atoms with Crippen molar-refractivity contribution in [3.63, 3.8) is 0 Å². The largest absolute Gasteiger partial charge is 0.477 e. The molecule has 2 aromatic rings. The Kier molecular flexibility index (Phi) is 4.51. The predicted octanol–water partition coefficient (Wildman–Crippen LogP) is 5.61. The van der Waals surface area contributed by atoms with Crippen LogP contribution < -0.4 is 0 Å². The third-order valence-corrected chi connectivity index (χ3v) is 5.70. The van der Waals surface area contributed by atoms with Gasteiger partial charge < -0.3 is 5.11 Å². The molecule has 0 atom stereocenters. The lowest BCUT2D eigenvalue weighted by atomic mass is 9.62. The highest BCUT2D eigenvalue weighted by molar-refractivity contribution is 5.85. The van der Waals surface area contributed by atoms with Gasteiger partial charge in [0.2, 0.25) is 0 Å². The number of hydrogen-bond acceptors (Lipinski definition) is 2. The molecule has 1 aliphatic carbocycles. The molecule has 26 heavy (non-hydrogen) atoms. The van der Waals surface area contributed by atoms with Crippen molar-refractivity contribution in [3.05, 3.63) is 64.0 Å². The predicted molar refractivity (Wildman–Crippen MR) is 107 cm³/mol. The van der Waals surface area contributed by atoms with Crippen LogP contribution in [0, 0.1) is 6.92 Å². The lowest BCUT2D eigenvalue weighted by Gasteiger charge is -2.42. The molecule has 0 aliphatic heterocycles. The van der Waals surface area contributed by atoms with Crippen LogP contribution >= 0.6 is 0 Å². The summed E-state index contributed by atoms with van der Waals surface area (Å²) in [6.07, 6.45) is 8.10. The fraction of sp³-hybridized carbons (Fsp3) is 0.391. The molecule has 0 fully saturated rings. The maximum Gasteiger partial charge on any atom is 0.354 e. The Labute approximate surface area is 155 Å². The molecule has 0 saturated carbocycles. The van der Waals surface area contributed by atoms with Crippen LogP contribution in [0.4, 0.5) is 0 Å². The van der Waals surface area contributed by atoms with Crippen molar-refractivity contribution >= 4 is 18.1 Å². The van der Waals surface area contributed by atoms with Gasteiger partial charge in [-0.3, -0.25) is 0 Å². The second kappa shape index (κ2) is 6.39. The van der Waals surface area contributed by atoms with Crippen molar-refractivity contribution in [2.24, 2.45) is 0 Å². The van der Waals surface area contributed by atoms with E-state index in [4.69, 9.17) is 5.11 Å². The van der Waals surface area contributed by atoms with Crippen LogP contribution in [0.5, 0.6) is 0 Å². The van der Waals surface area contributed by atoms with Gasteiger partial charge in [-0.05, 0) is 64.5 Å². The topological polar surface area (TPSA) is 50.2 Å². The van der Waals surface area contributed by atoms with Crippen molar-refractivity contribution in [1.82, 2.24) is 4.98 Å². The van der Waals surface area contributed by atoms with Crippen LogP contribution in [0.2, 0.25) is 0 Å². The third-order valence-electron chi connectivity index (χ3n) is 5.70. The normalized spacial score (nSPS) is 17.9. The Balaban J connectivity index is 1.97. The SMILES string of the molecule is Cc1cc2c(cc1C=Cc1ccc(C(=O)O)nc1)C(C)(C)CCC2(C)C. The summed E-state index contributed by atoms with van der Waals surface area (Å²) in [7, 11) is 0. The van der Waals surface area contributed by atoms with E-state index >= 15 is 0 Å². The second-order valence-electron chi connectivity index (χ2n) is 8.64. The zero-order chi connectivity index (χ0) is 19.1. The molecule has 0 bridgehead atoms. The number of aromatic carboxylic acids is 1. The zero-order valence-corrected chi connectivity index (χ0v) is 16.3. The number of pyridine rings is 1. The molecule has 1 N–H and O–H groups in total. The smallest absolute Gasteiger partial charge is 0.354 e. The number of hydrogen-bond donors (Lipinski definition) is 1. The molecule has 1 aromatic carbocycles. The molecule has 1 heterocycles. The zero-order valence-electron chi connectivity index (χ0n) is 16.3. The van der Waals surface area contributed by atoms with Crippen molar-refractivity contribution in [3.8, 4) is 0 Å². The highest BCUT2D eigenvalue weighted by Gasteiger charge is 2.37. The number of fused-ring (bicyclic) bond motifs is 1. The van der Waals surface area contributed by atoms with Crippen LogP contribution in [0.3, 0.4) is 0 Å².